The molecule has 0 radical (unpaired) electrons. The number of rotatable bonds is 8. The van der Waals surface area contributed by atoms with Crippen molar-refractivity contribution in [3.05, 3.63) is 18.0 Å². The molecule has 1 fully saturated rings. The van der Waals surface area contributed by atoms with E-state index in [0.29, 0.717) is 25.0 Å². The minimum Gasteiger partial charge on any atom is -0.357 e. The van der Waals surface area contributed by atoms with Gasteiger partial charge in [-0.1, -0.05) is 12.8 Å². The summed E-state index contributed by atoms with van der Waals surface area (Å²) in [5.74, 6) is 0.866. The second kappa shape index (κ2) is 9.22. The molecule has 1 saturated carbocycles. The van der Waals surface area contributed by atoms with Crippen molar-refractivity contribution in [3.63, 3.8) is 0 Å². The summed E-state index contributed by atoms with van der Waals surface area (Å²) >= 11 is 0. The topological polar surface area (TPSA) is 88.4 Å². The molecule has 1 atom stereocenters. The summed E-state index contributed by atoms with van der Waals surface area (Å²) in [7, 11) is -2.94. The second-order valence-corrected chi connectivity index (χ2v) is 9.14. The Bertz CT molecular complexity index is 662. The summed E-state index contributed by atoms with van der Waals surface area (Å²) in [6.45, 7) is 5.23. The predicted octanol–water partition coefficient (Wildman–Crippen LogP) is 1.88. The van der Waals surface area contributed by atoms with Crippen LogP contribution in [-0.4, -0.2) is 48.8 Å². The third kappa shape index (κ3) is 7.05. The first kappa shape index (κ1) is 19.8. The molecule has 0 aliphatic heterocycles. The highest BCUT2D eigenvalue weighted by atomic mass is 32.2. The molecular formula is C17H31N5O2S. The molecule has 1 aliphatic rings. The Kier molecular flexibility index (Phi) is 7.28. The van der Waals surface area contributed by atoms with Gasteiger partial charge in [-0.05, 0) is 39.2 Å². The van der Waals surface area contributed by atoms with Gasteiger partial charge in [-0.2, -0.15) is 5.10 Å². The van der Waals surface area contributed by atoms with Crippen LogP contribution in [0.3, 0.4) is 0 Å². The van der Waals surface area contributed by atoms with Crippen LogP contribution in [0.5, 0.6) is 0 Å². The molecule has 0 aromatic carbocycles. The molecule has 1 heterocycles. The van der Waals surface area contributed by atoms with Gasteiger partial charge in [0, 0.05) is 25.0 Å². The normalized spacial score (nSPS) is 17.6. The van der Waals surface area contributed by atoms with E-state index in [1.54, 1.807) is 0 Å². The largest absolute Gasteiger partial charge is 0.357 e. The standard InChI is InChI=1S/C17H31N5O2S/c1-4-18-17(20-14(2)10-12-25(3,23)24)19-13-15-9-11-22(21-15)16-7-5-6-8-16/h9,11,14,16H,4-8,10,12-13H2,1-3H3,(H2,18,19,20). The fourth-order valence-electron chi connectivity index (χ4n) is 3.01. The first-order chi connectivity index (χ1) is 11.9. The number of guanidine groups is 1. The Morgan fingerprint density at radius 2 is 2.16 bits per heavy atom. The monoisotopic (exact) mass is 369 g/mol. The molecule has 0 saturated heterocycles. The Morgan fingerprint density at radius 1 is 1.44 bits per heavy atom. The van der Waals surface area contributed by atoms with Crippen LogP contribution in [0.4, 0.5) is 0 Å². The molecule has 2 N–H and O–H groups in total. The van der Waals surface area contributed by atoms with Crippen molar-refractivity contribution >= 4 is 15.8 Å². The van der Waals surface area contributed by atoms with Gasteiger partial charge in [0.25, 0.3) is 0 Å². The van der Waals surface area contributed by atoms with Gasteiger partial charge in [0.1, 0.15) is 9.84 Å². The van der Waals surface area contributed by atoms with Gasteiger partial charge < -0.3 is 10.6 Å². The maximum Gasteiger partial charge on any atom is 0.191 e. The first-order valence-electron chi connectivity index (χ1n) is 9.14. The lowest BCUT2D eigenvalue weighted by molar-refractivity contribution is 0.463. The summed E-state index contributed by atoms with van der Waals surface area (Å²) in [5.41, 5.74) is 0.952. The van der Waals surface area contributed by atoms with E-state index in [1.165, 1.54) is 31.9 Å². The van der Waals surface area contributed by atoms with E-state index >= 15 is 0 Å². The van der Waals surface area contributed by atoms with Crippen molar-refractivity contribution in [1.82, 2.24) is 20.4 Å². The van der Waals surface area contributed by atoms with Crippen LogP contribution in [0.2, 0.25) is 0 Å². The van der Waals surface area contributed by atoms with Crippen LogP contribution in [-0.2, 0) is 16.4 Å². The minimum absolute atomic E-state index is 0.0311. The molecule has 0 bridgehead atoms. The molecule has 142 valence electrons. The van der Waals surface area contributed by atoms with Crippen molar-refractivity contribution in [2.24, 2.45) is 4.99 Å². The number of sulfone groups is 1. The highest BCUT2D eigenvalue weighted by Crippen LogP contribution is 2.28. The lowest BCUT2D eigenvalue weighted by Gasteiger charge is -2.17. The Morgan fingerprint density at radius 3 is 2.80 bits per heavy atom. The lowest BCUT2D eigenvalue weighted by atomic mass is 10.3. The van der Waals surface area contributed by atoms with Gasteiger partial charge in [-0.15, -0.1) is 0 Å². The maximum absolute atomic E-state index is 11.3. The molecule has 1 aromatic heterocycles. The maximum atomic E-state index is 11.3. The second-order valence-electron chi connectivity index (χ2n) is 6.88. The van der Waals surface area contributed by atoms with Gasteiger partial charge in [0.2, 0.25) is 0 Å². The number of aromatic nitrogens is 2. The summed E-state index contributed by atoms with van der Waals surface area (Å²) in [6, 6.07) is 2.60. The Balaban J connectivity index is 1.90. The lowest BCUT2D eigenvalue weighted by Crippen LogP contribution is -2.42. The third-order valence-corrected chi connectivity index (χ3v) is 5.39. The SMILES string of the molecule is CCNC(=NCc1ccn(C2CCCC2)n1)NC(C)CCS(C)(=O)=O. The van der Waals surface area contributed by atoms with E-state index < -0.39 is 9.84 Å². The molecular weight excluding hydrogens is 338 g/mol. The first-order valence-corrected chi connectivity index (χ1v) is 11.2. The van der Waals surface area contributed by atoms with Crippen LogP contribution in [0.1, 0.15) is 57.7 Å². The number of hydrogen-bond acceptors (Lipinski definition) is 4. The van der Waals surface area contributed by atoms with Crippen molar-refractivity contribution in [3.8, 4) is 0 Å². The quantitative estimate of drug-likeness (QED) is 0.539. The van der Waals surface area contributed by atoms with Crippen LogP contribution < -0.4 is 10.6 Å². The number of aliphatic imine (C=N–C) groups is 1. The molecule has 2 rings (SSSR count). The highest BCUT2D eigenvalue weighted by Gasteiger charge is 2.17. The fourth-order valence-corrected chi connectivity index (χ4v) is 3.79. The van der Waals surface area contributed by atoms with E-state index in [0.717, 1.165) is 12.2 Å². The van der Waals surface area contributed by atoms with E-state index in [2.05, 4.69) is 31.6 Å². The van der Waals surface area contributed by atoms with Gasteiger partial charge in [-0.3, -0.25) is 4.68 Å². The molecule has 1 aliphatic carbocycles. The molecule has 8 heteroatoms. The number of hydrogen-bond donors (Lipinski definition) is 2. The molecule has 25 heavy (non-hydrogen) atoms. The smallest absolute Gasteiger partial charge is 0.191 e. The number of nitrogens with zero attached hydrogens (tertiary/aromatic N) is 3. The zero-order valence-electron chi connectivity index (χ0n) is 15.5. The summed E-state index contributed by atoms with van der Waals surface area (Å²) in [6.07, 6.45) is 8.88. The summed E-state index contributed by atoms with van der Waals surface area (Å²) < 4.78 is 24.6. The van der Waals surface area contributed by atoms with Crippen molar-refractivity contribution in [2.45, 2.75) is 64.6 Å². The third-order valence-electron chi connectivity index (χ3n) is 4.41. The summed E-state index contributed by atoms with van der Waals surface area (Å²) in [4.78, 5) is 4.58. The Labute approximate surface area is 151 Å². The fraction of sp³-hybridized carbons (Fsp3) is 0.765. The van der Waals surface area contributed by atoms with Crippen LogP contribution in [0.15, 0.2) is 17.3 Å². The molecule has 0 amide bonds. The average Bonchev–Trinajstić information content (AvgIpc) is 3.21. The van der Waals surface area contributed by atoms with E-state index in [9.17, 15) is 8.42 Å². The van der Waals surface area contributed by atoms with Crippen molar-refractivity contribution in [2.75, 3.05) is 18.6 Å². The highest BCUT2D eigenvalue weighted by molar-refractivity contribution is 7.90. The molecule has 1 aromatic rings. The van der Waals surface area contributed by atoms with Gasteiger partial charge in [-0.25, -0.2) is 13.4 Å². The van der Waals surface area contributed by atoms with Crippen LogP contribution >= 0.6 is 0 Å². The summed E-state index contributed by atoms with van der Waals surface area (Å²) in [5, 5.41) is 11.1. The Hall–Kier alpha value is -1.57. The van der Waals surface area contributed by atoms with E-state index in [-0.39, 0.29) is 11.8 Å². The van der Waals surface area contributed by atoms with Crippen LogP contribution in [0.25, 0.3) is 0 Å². The van der Waals surface area contributed by atoms with E-state index in [1.807, 2.05) is 19.9 Å². The van der Waals surface area contributed by atoms with E-state index in [4.69, 9.17) is 0 Å². The van der Waals surface area contributed by atoms with Crippen molar-refractivity contribution in [1.29, 1.82) is 0 Å². The average molecular weight is 370 g/mol. The van der Waals surface area contributed by atoms with Crippen LogP contribution in [0, 0.1) is 0 Å². The molecule has 1 unspecified atom stereocenters. The zero-order valence-corrected chi connectivity index (χ0v) is 16.3. The predicted molar refractivity (Wildman–Crippen MR) is 101 cm³/mol. The van der Waals surface area contributed by atoms with Gasteiger partial charge >= 0.3 is 0 Å². The minimum atomic E-state index is -2.94. The van der Waals surface area contributed by atoms with Gasteiger partial charge in [0.15, 0.2) is 5.96 Å². The molecule has 7 nitrogen and oxygen atoms in total. The zero-order chi connectivity index (χ0) is 18.3. The molecule has 0 spiro atoms. The van der Waals surface area contributed by atoms with Crippen molar-refractivity contribution < 1.29 is 8.42 Å². The number of nitrogens with one attached hydrogen (secondary N) is 2. The van der Waals surface area contributed by atoms with Gasteiger partial charge in [0.05, 0.1) is 24.0 Å².